The zero-order valence-corrected chi connectivity index (χ0v) is 15.8. The largest absolute Gasteiger partial charge is 0.350 e. The Kier molecular flexibility index (Phi) is 5.52. The average molecular weight is 360 g/mol. The number of nitrogens with one attached hydrogen (secondary N) is 1. The fraction of sp³-hybridized carbons (Fsp3) is 0.316. The topological polar surface area (TPSA) is 66.5 Å². The molecule has 0 saturated carbocycles. The Labute approximate surface area is 149 Å². The van der Waals surface area contributed by atoms with Gasteiger partial charge in [0.15, 0.2) is 0 Å². The summed E-state index contributed by atoms with van der Waals surface area (Å²) in [4.78, 5) is 12.5. The van der Waals surface area contributed by atoms with Crippen molar-refractivity contribution in [3.63, 3.8) is 0 Å². The highest BCUT2D eigenvalue weighted by Crippen LogP contribution is 2.24. The molecule has 6 heteroatoms. The van der Waals surface area contributed by atoms with E-state index >= 15 is 0 Å². The number of hydrogen-bond acceptors (Lipinski definition) is 3. The highest BCUT2D eigenvalue weighted by atomic mass is 32.2. The van der Waals surface area contributed by atoms with Crippen LogP contribution in [0.2, 0.25) is 0 Å². The van der Waals surface area contributed by atoms with Crippen LogP contribution < -0.4 is 9.62 Å². The maximum atomic E-state index is 13.1. The number of aryl methyl sites for hydroxylation is 1. The highest BCUT2D eigenvalue weighted by Gasteiger charge is 2.28. The molecule has 25 heavy (non-hydrogen) atoms. The van der Waals surface area contributed by atoms with Crippen molar-refractivity contribution >= 4 is 21.6 Å². The smallest absolute Gasteiger partial charge is 0.264 e. The van der Waals surface area contributed by atoms with Gasteiger partial charge >= 0.3 is 0 Å². The summed E-state index contributed by atoms with van der Waals surface area (Å²) in [5, 5.41) is 2.81. The number of nitrogens with zero attached hydrogens (tertiary/aromatic N) is 1. The standard InChI is InChI=1S/C19H24N2O3S/c1-15-9-8-10-16(13-15)21(14-18(22)20-19(2,3)4)25(23,24)17-11-6-5-7-12-17/h5-13H,14H2,1-4H3,(H,20,22). The first-order valence-corrected chi connectivity index (χ1v) is 9.49. The Bertz CT molecular complexity index is 840. The molecule has 1 N–H and O–H groups in total. The van der Waals surface area contributed by atoms with Crippen LogP contribution in [0.1, 0.15) is 26.3 Å². The molecule has 1 amide bonds. The monoisotopic (exact) mass is 360 g/mol. The first kappa shape index (κ1) is 19.0. The number of carbonyl (C=O) groups is 1. The Morgan fingerprint density at radius 1 is 1.04 bits per heavy atom. The van der Waals surface area contributed by atoms with Crippen LogP contribution in [0.25, 0.3) is 0 Å². The maximum Gasteiger partial charge on any atom is 0.264 e. The molecule has 0 spiro atoms. The molecule has 0 aliphatic rings. The quantitative estimate of drug-likeness (QED) is 0.891. The van der Waals surface area contributed by atoms with Crippen molar-refractivity contribution < 1.29 is 13.2 Å². The average Bonchev–Trinajstić information content (AvgIpc) is 2.51. The lowest BCUT2D eigenvalue weighted by Crippen LogP contribution is -2.47. The molecular formula is C19H24N2O3S. The molecule has 0 radical (unpaired) electrons. The van der Waals surface area contributed by atoms with Crippen molar-refractivity contribution in [3.05, 3.63) is 60.2 Å². The molecule has 0 atom stereocenters. The van der Waals surface area contributed by atoms with Crippen LogP contribution in [0.5, 0.6) is 0 Å². The second kappa shape index (κ2) is 7.27. The van der Waals surface area contributed by atoms with Gasteiger partial charge in [-0.2, -0.15) is 0 Å². The fourth-order valence-electron chi connectivity index (χ4n) is 2.41. The Morgan fingerprint density at radius 3 is 2.24 bits per heavy atom. The molecule has 0 bridgehead atoms. The summed E-state index contributed by atoms with van der Waals surface area (Å²) in [6, 6.07) is 15.2. The summed E-state index contributed by atoms with van der Waals surface area (Å²) < 4.78 is 27.3. The number of anilines is 1. The summed E-state index contributed by atoms with van der Waals surface area (Å²) in [6.45, 7) is 7.17. The second-order valence-corrected chi connectivity index (χ2v) is 8.82. The number of carbonyl (C=O) groups excluding carboxylic acids is 1. The lowest BCUT2D eigenvalue weighted by molar-refractivity contribution is -0.121. The van der Waals surface area contributed by atoms with Crippen molar-refractivity contribution in [2.45, 2.75) is 38.1 Å². The summed E-state index contributed by atoms with van der Waals surface area (Å²) in [5.74, 6) is -0.353. The van der Waals surface area contributed by atoms with Gasteiger partial charge < -0.3 is 5.32 Å². The van der Waals surface area contributed by atoms with Gasteiger partial charge in [-0.25, -0.2) is 8.42 Å². The number of benzene rings is 2. The number of sulfonamides is 1. The summed E-state index contributed by atoms with van der Waals surface area (Å²) in [5.41, 5.74) is 0.946. The Hall–Kier alpha value is -2.34. The maximum absolute atomic E-state index is 13.1. The zero-order valence-electron chi connectivity index (χ0n) is 15.0. The first-order chi connectivity index (χ1) is 11.6. The van der Waals surface area contributed by atoms with Crippen molar-refractivity contribution in [3.8, 4) is 0 Å². The SMILES string of the molecule is Cc1cccc(N(CC(=O)NC(C)(C)C)S(=O)(=O)c2ccccc2)c1. The lowest BCUT2D eigenvalue weighted by Gasteiger charge is -2.27. The minimum absolute atomic E-state index is 0.153. The zero-order chi connectivity index (χ0) is 18.7. The third kappa shape index (κ3) is 5.06. The summed E-state index contributed by atoms with van der Waals surface area (Å²) in [6.07, 6.45) is 0. The molecule has 5 nitrogen and oxygen atoms in total. The number of hydrogen-bond donors (Lipinski definition) is 1. The predicted molar refractivity (Wildman–Crippen MR) is 100 cm³/mol. The third-order valence-electron chi connectivity index (χ3n) is 3.42. The van der Waals surface area contributed by atoms with Gasteiger partial charge in [-0.3, -0.25) is 9.10 Å². The van der Waals surface area contributed by atoms with E-state index < -0.39 is 15.6 Å². The molecule has 0 aromatic heterocycles. The van der Waals surface area contributed by atoms with Crippen LogP contribution in [0, 0.1) is 6.92 Å². The van der Waals surface area contributed by atoms with E-state index in [4.69, 9.17) is 0 Å². The van der Waals surface area contributed by atoms with E-state index in [0.717, 1.165) is 9.87 Å². The van der Waals surface area contributed by atoms with E-state index in [1.165, 1.54) is 12.1 Å². The van der Waals surface area contributed by atoms with Crippen molar-refractivity contribution in [2.75, 3.05) is 10.8 Å². The lowest BCUT2D eigenvalue weighted by atomic mass is 10.1. The third-order valence-corrected chi connectivity index (χ3v) is 5.21. The van der Waals surface area contributed by atoms with E-state index in [9.17, 15) is 13.2 Å². The fourth-order valence-corrected chi connectivity index (χ4v) is 3.84. The Morgan fingerprint density at radius 2 is 1.68 bits per heavy atom. The molecule has 0 aliphatic heterocycles. The van der Waals surface area contributed by atoms with Gasteiger partial charge in [0.1, 0.15) is 6.54 Å². The van der Waals surface area contributed by atoms with Crippen LogP contribution in [0.15, 0.2) is 59.5 Å². The molecule has 0 unspecified atom stereocenters. The van der Waals surface area contributed by atoms with Crippen molar-refractivity contribution in [1.82, 2.24) is 5.32 Å². The van der Waals surface area contributed by atoms with E-state index in [1.54, 1.807) is 36.4 Å². The minimum Gasteiger partial charge on any atom is -0.350 e. The molecular weight excluding hydrogens is 336 g/mol. The van der Waals surface area contributed by atoms with Crippen molar-refractivity contribution in [1.29, 1.82) is 0 Å². The molecule has 134 valence electrons. The molecule has 0 heterocycles. The van der Waals surface area contributed by atoms with Crippen LogP contribution in [0.4, 0.5) is 5.69 Å². The predicted octanol–water partition coefficient (Wildman–Crippen LogP) is 3.11. The molecule has 2 aromatic rings. The first-order valence-electron chi connectivity index (χ1n) is 8.05. The van der Waals surface area contributed by atoms with Gasteiger partial charge in [-0.1, -0.05) is 30.3 Å². The molecule has 2 aromatic carbocycles. The van der Waals surface area contributed by atoms with Gasteiger partial charge in [0.05, 0.1) is 10.6 Å². The number of amides is 1. The van der Waals surface area contributed by atoms with E-state index in [0.29, 0.717) is 5.69 Å². The van der Waals surface area contributed by atoms with Crippen LogP contribution in [-0.2, 0) is 14.8 Å². The normalized spacial score (nSPS) is 11.8. The van der Waals surface area contributed by atoms with Crippen LogP contribution >= 0.6 is 0 Å². The van der Waals surface area contributed by atoms with Gasteiger partial charge in [0.25, 0.3) is 10.0 Å². The van der Waals surface area contributed by atoms with Gasteiger partial charge in [0, 0.05) is 5.54 Å². The Balaban J connectivity index is 2.44. The number of rotatable bonds is 5. The van der Waals surface area contributed by atoms with Crippen LogP contribution in [0.3, 0.4) is 0 Å². The molecule has 0 saturated heterocycles. The minimum atomic E-state index is -3.85. The van der Waals surface area contributed by atoms with Crippen molar-refractivity contribution in [2.24, 2.45) is 0 Å². The van der Waals surface area contributed by atoms with Gasteiger partial charge in [-0.05, 0) is 57.5 Å². The van der Waals surface area contributed by atoms with E-state index in [-0.39, 0.29) is 17.3 Å². The molecule has 2 rings (SSSR count). The van der Waals surface area contributed by atoms with E-state index in [1.807, 2.05) is 33.8 Å². The summed E-state index contributed by atoms with van der Waals surface area (Å²) >= 11 is 0. The van der Waals surface area contributed by atoms with E-state index in [2.05, 4.69) is 5.32 Å². The highest BCUT2D eigenvalue weighted by molar-refractivity contribution is 7.92. The second-order valence-electron chi connectivity index (χ2n) is 6.96. The summed E-state index contributed by atoms with van der Waals surface area (Å²) in [7, 11) is -3.85. The van der Waals surface area contributed by atoms with Crippen LogP contribution in [-0.4, -0.2) is 26.4 Å². The molecule has 0 fully saturated rings. The molecule has 0 aliphatic carbocycles. The van der Waals surface area contributed by atoms with Gasteiger partial charge in [-0.15, -0.1) is 0 Å². The van der Waals surface area contributed by atoms with Gasteiger partial charge in [0.2, 0.25) is 5.91 Å².